The number of carbonyl (C=O) groups is 5. The van der Waals surface area contributed by atoms with E-state index in [0.717, 1.165) is 23.0 Å². The zero-order chi connectivity index (χ0) is 41.3. The first-order valence-electron chi connectivity index (χ1n) is 19.4. The van der Waals surface area contributed by atoms with E-state index in [9.17, 15) is 32.8 Å². The molecule has 4 heterocycles. The molecule has 5 N–H and O–H groups in total. The van der Waals surface area contributed by atoms with E-state index in [-0.39, 0.29) is 61.9 Å². The first-order chi connectivity index (χ1) is 28.6. The maximum atomic E-state index is 13.7. The van der Waals surface area contributed by atoms with Crippen LogP contribution in [-0.2, 0) is 36.9 Å². The van der Waals surface area contributed by atoms with Gasteiger partial charge in [-0.05, 0) is 78.6 Å². The van der Waals surface area contributed by atoms with E-state index in [4.69, 9.17) is 4.74 Å². The monoisotopic (exact) mass is 810 g/mol. The number of aromatic amines is 1. The Kier molecular flexibility index (Phi) is 12.8. The molecule has 0 spiro atoms. The number of ether oxygens (including phenoxy) is 1. The second-order valence-electron chi connectivity index (χ2n) is 14.3. The van der Waals surface area contributed by atoms with Gasteiger partial charge in [-0.2, -0.15) is 10.2 Å². The summed E-state index contributed by atoms with van der Waals surface area (Å²) in [6, 6.07) is 17.6. The molecule has 2 saturated heterocycles. The number of imide groups is 1. The molecule has 0 aliphatic carbocycles. The van der Waals surface area contributed by atoms with Crippen LogP contribution < -0.4 is 26.2 Å². The Morgan fingerprint density at radius 2 is 1.66 bits per heavy atom. The number of halogens is 2. The van der Waals surface area contributed by atoms with E-state index in [1.165, 1.54) is 12.1 Å². The van der Waals surface area contributed by atoms with Crippen molar-refractivity contribution in [3.05, 3.63) is 101 Å². The summed E-state index contributed by atoms with van der Waals surface area (Å²) in [5.74, 6) is -2.36. The summed E-state index contributed by atoms with van der Waals surface area (Å²) in [7, 11) is 0. The number of anilines is 3. The molecular formula is C41H44F2N10O6. The maximum absolute atomic E-state index is 13.7. The number of amides is 5. The van der Waals surface area contributed by atoms with Crippen LogP contribution in [0.15, 0.2) is 72.9 Å². The van der Waals surface area contributed by atoms with Gasteiger partial charge in [0.2, 0.25) is 23.6 Å². The van der Waals surface area contributed by atoms with Gasteiger partial charge in [0, 0.05) is 81.0 Å². The summed E-state index contributed by atoms with van der Waals surface area (Å²) < 4.78 is 34.5. The van der Waals surface area contributed by atoms with E-state index in [2.05, 4.69) is 41.5 Å². The van der Waals surface area contributed by atoms with Gasteiger partial charge in [0.15, 0.2) is 11.5 Å². The maximum Gasteiger partial charge on any atom is 0.277 e. The van der Waals surface area contributed by atoms with Gasteiger partial charge in [0.05, 0.1) is 25.3 Å². The molecule has 5 amide bonds. The predicted molar refractivity (Wildman–Crippen MR) is 214 cm³/mol. The van der Waals surface area contributed by atoms with E-state index >= 15 is 0 Å². The minimum absolute atomic E-state index is 0.0736. The highest BCUT2D eigenvalue weighted by Crippen LogP contribution is 2.25. The number of piperazine rings is 1. The van der Waals surface area contributed by atoms with Gasteiger partial charge in [-0.25, -0.2) is 8.78 Å². The van der Waals surface area contributed by atoms with Crippen molar-refractivity contribution in [2.45, 2.75) is 44.7 Å². The van der Waals surface area contributed by atoms with Crippen molar-refractivity contribution in [1.82, 2.24) is 35.5 Å². The number of nitrogens with zero attached hydrogens (tertiary/aromatic N) is 5. The minimum atomic E-state index is -0.650. The third-order valence-electron chi connectivity index (χ3n) is 10.1. The number of rotatable bonds is 16. The summed E-state index contributed by atoms with van der Waals surface area (Å²) in [5, 5.41) is 23.1. The standard InChI is InChI=1S/C41H44F2N10O6/c42-28-22-27(23-29(43)25-28)21-26-1-6-33-32(24-26)39(49-48-33)47-41(58)35-11-13-53(50-35)18-20-59-19-12-44-36(54)9-10-38(56)52-16-14-51(15-17-52)31-4-2-30(3-5-31)45-34-7-8-37(55)46-40(34)57/h1-6,11,13,22-25,34,45H,7-10,12,14-21H2,(H,44,54)(H,46,55,57)(H2,47,48,49,58). The third-order valence-corrected chi connectivity index (χ3v) is 10.1. The smallest absolute Gasteiger partial charge is 0.277 e. The molecule has 2 aliphatic rings. The lowest BCUT2D eigenvalue weighted by Crippen LogP contribution is -2.49. The van der Waals surface area contributed by atoms with Crippen LogP contribution in [0.2, 0.25) is 0 Å². The average Bonchev–Trinajstić information content (AvgIpc) is 3.86. The Morgan fingerprint density at radius 3 is 2.42 bits per heavy atom. The number of benzene rings is 3. The first kappa shape index (κ1) is 40.5. The number of H-pyrrole nitrogens is 1. The van der Waals surface area contributed by atoms with Crippen molar-refractivity contribution in [3.8, 4) is 0 Å². The highest BCUT2D eigenvalue weighted by atomic mass is 19.1. The molecule has 2 aliphatic heterocycles. The number of carbonyl (C=O) groups excluding carboxylic acids is 5. The SMILES string of the molecule is O=C(CCC(=O)N1CCN(c2ccc(NC3CCC(=O)NC3=O)cc2)CC1)NCCOCCn1ccc(C(=O)Nc2n[nH]c3ccc(Cc4cc(F)cc(F)c4)cc23)n1. The predicted octanol–water partition coefficient (Wildman–Crippen LogP) is 3.36. The van der Waals surface area contributed by atoms with Gasteiger partial charge < -0.3 is 30.5 Å². The number of hydrogen-bond donors (Lipinski definition) is 5. The van der Waals surface area contributed by atoms with E-state index in [1.54, 1.807) is 34.0 Å². The molecule has 1 unspecified atom stereocenters. The average molecular weight is 811 g/mol. The lowest BCUT2D eigenvalue weighted by molar-refractivity contribution is -0.134. The fourth-order valence-corrected chi connectivity index (χ4v) is 7.00. The normalized spacial score (nSPS) is 15.6. The van der Waals surface area contributed by atoms with Crippen LogP contribution in [0.5, 0.6) is 0 Å². The van der Waals surface area contributed by atoms with Crippen LogP contribution in [0.4, 0.5) is 26.0 Å². The highest BCUT2D eigenvalue weighted by molar-refractivity contribution is 6.07. The van der Waals surface area contributed by atoms with Crippen LogP contribution in [0.3, 0.4) is 0 Å². The fourth-order valence-electron chi connectivity index (χ4n) is 7.00. The number of aromatic nitrogens is 4. The Balaban J connectivity index is 0.756. The van der Waals surface area contributed by atoms with Gasteiger partial charge in [0.1, 0.15) is 17.7 Å². The van der Waals surface area contributed by atoms with Gasteiger partial charge in [-0.15, -0.1) is 0 Å². The molecular weight excluding hydrogens is 767 g/mol. The summed E-state index contributed by atoms with van der Waals surface area (Å²) >= 11 is 0. The van der Waals surface area contributed by atoms with Gasteiger partial charge in [0.25, 0.3) is 5.91 Å². The molecule has 7 rings (SSSR count). The largest absolute Gasteiger partial charge is 0.378 e. The molecule has 18 heteroatoms. The second-order valence-corrected chi connectivity index (χ2v) is 14.3. The van der Waals surface area contributed by atoms with Crippen LogP contribution in [0.1, 0.15) is 47.3 Å². The van der Waals surface area contributed by atoms with Crippen LogP contribution in [-0.4, -0.2) is 106 Å². The molecule has 2 fully saturated rings. The van der Waals surface area contributed by atoms with Crippen molar-refractivity contribution < 1.29 is 37.5 Å². The Bertz CT molecular complexity index is 2300. The topological polar surface area (TPSA) is 196 Å². The molecule has 1 atom stereocenters. The van der Waals surface area contributed by atoms with E-state index in [0.29, 0.717) is 74.3 Å². The summed E-state index contributed by atoms with van der Waals surface area (Å²) in [6.07, 6.45) is 2.88. The molecule has 0 saturated carbocycles. The van der Waals surface area contributed by atoms with Gasteiger partial charge in [-0.3, -0.25) is 39.1 Å². The molecule has 16 nitrogen and oxygen atoms in total. The molecule has 5 aromatic rings. The first-order valence-corrected chi connectivity index (χ1v) is 19.4. The second kappa shape index (κ2) is 18.7. The molecule has 3 aromatic carbocycles. The Morgan fingerprint density at radius 1 is 0.881 bits per heavy atom. The highest BCUT2D eigenvalue weighted by Gasteiger charge is 2.27. The molecule has 0 bridgehead atoms. The zero-order valence-corrected chi connectivity index (χ0v) is 32.1. The van der Waals surface area contributed by atoms with Crippen molar-refractivity contribution in [2.24, 2.45) is 0 Å². The van der Waals surface area contributed by atoms with Crippen LogP contribution in [0.25, 0.3) is 10.9 Å². The number of fused-ring (bicyclic) bond motifs is 1. The zero-order valence-electron chi connectivity index (χ0n) is 32.1. The van der Waals surface area contributed by atoms with Crippen LogP contribution in [0, 0.1) is 11.6 Å². The Hall–Kier alpha value is -6.69. The Labute approximate surface area is 337 Å². The lowest BCUT2D eigenvalue weighted by Gasteiger charge is -2.36. The van der Waals surface area contributed by atoms with Crippen molar-refractivity contribution in [3.63, 3.8) is 0 Å². The third kappa shape index (κ3) is 10.8. The minimum Gasteiger partial charge on any atom is -0.378 e. The number of piperidine rings is 1. The lowest BCUT2D eigenvalue weighted by atomic mass is 10.0. The van der Waals surface area contributed by atoms with Gasteiger partial charge in [-0.1, -0.05) is 6.07 Å². The van der Waals surface area contributed by atoms with Crippen molar-refractivity contribution >= 4 is 57.6 Å². The van der Waals surface area contributed by atoms with Crippen molar-refractivity contribution in [2.75, 3.05) is 61.5 Å². The fraction of sp³-hybridized carbons (Fsp3) is 0.341. The van der Waals surface area contributed by atoms with Gasteiger partial charge >= 0.3 is 0 Å². The quantitative estimate of drug-likeness (QED) is 0.0729. The summed E-state index contributed by atoms with van der Waals surface area (Å²) in [4.78, 5) is 65.6. The summed E-state index contributed by atoms with van der Waals surface area (Å²) in [5.41, 5.74) is 3.90. The van der Waals surface area contributed by atoms with E-state index in [1.807, 2.05) is 30.3 Å². The molecule has 59 heavy (non-hydrogen) atoms. The van der Waals surface area contributed by atoms with Crippen LogP contribution >= 0.6 is 0 Å². The molecule has 2 aromatic heterocycles. The summed E-state index contributed by atoms with van der Waals surface area (Å²) in [6.45, 7) is 3.57. The van der Waals surface area contributed by atoms with Crippen molar-refractivity contribution in [1.29, 1.82) is 0 Å². The van der Waals surface area contributed by atoms with E-state index < -0.39 is 23.6 Å². The number of nitrogens with one attached hydrogen (secondary N) is 5. The number of hydrogen-bond acceptors (Lipinski definition) is 10. The molecule has 0 radical (unpaired) electrons. The molecule has 308 valence electrons.